The molecule has 0 heterocycles. The van der Waals surface area contributed by atoms with Crippen LogP contribution in [-0.2, 0) is 22.6 Å². The fraction of sp³-hybridized carbons (Fsp3) is 0.300. The predicted molar refractivity (Wildman–Crippen MR) is 105 cm³/mol. The van der Waals surface area contributed by atoms with Crippen molar-refractivity contribution in [1.82, 2.24) is 10.2 Å². The van der Waals surface area contributed by atoms with Crippen molar-refractivity contribution in [3.05, 3.63) is 69.7 Å². The molecule has 0 bridgehead atoms. The molecule has 0 radical (unpaired) electrons. The Balaban J connectivity index is 2.29. The summed E-state index contributed by atoms with van der Waals surface area (Å²) in [5, 5.41) is 3.70. The molecule has 2 aromatic rings. The molecule has 2 aromatic carbocycles. The maximum absolute atomic E-state index is 12.9. The molecule has 0 aliphatic rings. The van der Waals surface area contributed by atoms with Crippen LogP contribution < -0.4 is 5.32 Å². The van der Waals surface area contributed by atoms with E-state index < -0.39 is 6.04 Å². The lowest BCUT2D eigenvalue weighted by Gasteiger charge is -2.29. The number of rotatable bonds is 7. The van der Waals surface area contributed by atoms with Crippen LogP contribution in [0.15, 0.2) is 48.5 Å². The van der Waals surface area contributed by atoms with Gasteiger partial charge in [0.05, 0.1) is 6.42 Å². The number of hydrogen-bond donors (Lipinski definition) is 1. The monoisotopic (exact) mass is 392 g/mol. The summed E-state index contributed by atoms with van der Waals surface area (Å²) in [5.41, 5.74) is 1.52. The van der Waals surface area contributed by atoms with E-state index >= 15 is 0 Å². The molecule has 1 atom stereocenters. The second-order valence-electron chi connectivity index (χ2n) is 5.95. The van der Waals surface area contributed by atoms with Crippen LogP contribution >= 0.6 is 23.2 Å². The molecular weight excluding hydrogens is 371 g/mol. The number of benzene rings is 2. The van der Waals surface area contributed by atoms with Crippen molar-refractivity contribution in [1.29, 1.82) is 0 Å². The molecule has 0 aliphatic heterocycles. The Morgan fingerprint density at radius 3 is 2.23 bits per heavy atom. The van der Waals surface area contributed by atoms with Gasteiger partial charge < -0.3 is 10.2 Å². The summed E-state index contributed by atoms with van der Waals surface area (Å²) >= 11 is 12.5. The molecule has 0 aromatic heterocycles. The summed E-state index contributed by atoms with van der Waals surface area (Å²) in [6.07, 6.45) is 0.201. The molecular formula is C20H22Cl2N2O2. The van der Waals surface area contributed by atoms with E-state index in [4.69, 9.17) is 23.2 Å². The quantitative estimate of drug-likeness (QED) is 0.771. The number of carbonyl (C=O) groups is 2. The molecule has 0 aliphatic carbocycles. The van der Waals surface area contributed by atoms with Crippen LogP contribution in [-0.4, -0.2) is 29.3 Å². The van der Waals surface area contributed by atoms with Gasteiger partial charge in [-0.3, -0.25) is 9.59 Å². The summed E-state index contributed by atoms with van der Waals surface area (Å²) in [6.45, 7) is 4.21. The first-order valence-corrected chi connectivity index (χ1v) is 9.23. The van der Waals surface area contributed by atoms with Gasteiger partial charge in [-0.15, -0.1) is 0 Å². The third-order valence-electron chi connectivity index (χ3n) is 4.11. The zero-order valence-electron chi connectivity index (χ0n) is 14.8. The van der Waals surface area contributed by atoms with Gasteiger partial charge in [0, 0.05) is 28.7 Å². The van der Waals surface area contributed by atoms with Crippen molar-refractivity contribution in [3.8, 4) is 0 Å². The van der Waals surface area contributed by atoms with Gasteiger partial charge in [-0.25, -0.2) is 0 Å². The topological polar surface area (TPSA) is 49.4 Å². The van der Waals surface area contributed by atoms with Crippen LogP contribution in [0.25, 0.3) is 0 Å². The molecule has 2 rings (SSSR count). The van der Waals surface area contributed by atoms with Gasteiger partial charge in [0.2, 0.25) is 11.8 Å². The van der Waals surface area contributed by atoms with Crippen LogP contribution in [0.4, 0.5) is 0 Å². The Hall–Kier alpha value is -2.04. The maximum Gasteiger partial charge on any atom is 0.242 e. The second kappa shape index (κ2) is 9.60. The number of amides is 2. The lowest BCUT2D eigenvalue weighted by atomic mass is 10.1. The number of nitrogens with zero attached hydrogens (tertiary/aromatic N) is 1. The molecule has 26 heavy (non-hydrogen) atoms. The van der Waals surface area contributed by atoms with E-state index in [1.165, 1.54) is 4.90 Å². The number of nitrogens with one attached hydrogen (secondary N) is 1. The highest BCUT2D eigenvalue weighted by atomic mass is 35.5. The smallest absolute Gasteiger partial charge is 0.242 e. The summed E-state index contributed by atoms with van der Waals surface area (Å²) in [7, 11) is 0. The molecule has 0 saturated heterocycles. The van der Waals surface area contributed by atoms with Gasteiger partial charge in [0.1, 0.15) is 6.04 Å². The summed E-state index contributed by atoms with van der Waals surface area (Å²) in [6, 6.07) is 14.0. The Kier molecular flexibility index (Phi) is 7.49. The van der Waals surface area contributed by atoms with Crippen molar-refractivity contribution in [2.24, 2.45) is 0 Å². The van der Waals surface area contributed by atoms with E-state index in [9.17, 15) is 9.59 Å². The Bertz CT molecular complexity index is 745. The van der Waals surface area contributed by atoms with E-state index in [2.05, 4.69) is 5.32 Å². The van der Waals surface area contributed by atoms with Gasteiger partial charge >= 0.3 is 0 Å². The maximum atomic E-state index is 12.9. The first-order valence-electron chi connectivity index (χ1n) is 8.48. The minimum atomic E-state index is -0.640. The largest absolute Gasteiger partial charge is 0.355 e. The number of carbonyl (C=O) groups excluding carboxylic acids is 2. The third kappa shape index (κ3) is 5.23. The minimum absolute atomic E-state index is 0.161. The second-order valence-corrected chi connectivity index (χ2v) is 6.77. The van der Waals surface area contributed by atoms with E-state index in [0.29, 0.717) is 22.2 Å². The van der Waals surface area contributed by atoms with Gasteiger partial charge in [0.15, 0.2) is 0 Å². The number of halogens is 2. The Morgan fingerprint density at radius 1 is 1.04 bits per heavy atom. The zero-order valence-corrected chi connectivity index (χ0v) is 16.3. The van der Waals surface area contributed by atoms with Crippen molar-refractivity contribution in [2.45, 2.75) is 32.9 Å². The predicted octanol–water partition coefficient (Wildman–Crippen LogP) is 4.09. The van der Waals surface area contributed by atoms with Crippen LogP contribution in [0.1, 0.15) is 25.0 Å². The van der Waals surface area contributed by atoms with Gasteiger partial charge in [-0.2, -0.15) is 0 Å². The SMILES string of the molecule is CCNC(=O)[C@@H](C)N(Cc1c(Cl)cccc1Cl)C(=O)Cc1ccccc1. The van der Waals surface area contributed by atoms with Crippen LogP contribution in [0.5, 0.6) is 0 Å². The van der Waals surface area contributed by atoms with Crippen LogP contribution in [0, 0.1) is 0 Å². The number of likely N-dealkylation sites (N-methyl/N-ethyl adjacent to an activating group) is 1. The average molecular weight is 393 g/mol. The molecule has 1 N–H and O–H groups in total. The molecule has 2 amide bonds. The minimum Gasteiger partial charge on any atom is -0.355 e. The molecule has 0 unspecified atom stereocenters. The fourth-order valence-electron chi connectivity index (χ4n) is 2.63. The first kappa shape index (κ1) is 20.3. The summed E-state index contributed by atoms with van der Waals surface area (Å²) in [4.78, 5) is 26.8. The van der Waals surface area contributed by atoms with E-state index in [0.717, 1.165) is 5.56 Å². The standard InChI is InChI=1S/C20H22Cl2N2O2/c1-3-23-20(26)14(2)24(13-16-17(21)10-7-11-18(16)22)19(25)12-15-8-5-4-6-9-15/h4-11,14H,3,12-13H2,1-2H3,(H,23,26)/t14-/m1/s1. The lowest BCUT2D eigenvalue weighted by Crippen LogP contribution is -2.48. The van der Waals surface area contributed by atoms with Crippen LogP contribution in [0.2, 0.25) is 10.0 Å². The summed E-state index contributed by atoms with van der Waals surface area (Å²) in [5.74, 6) is -0.372. The van der Waals surface area contributed by atoms with Gasteiger partial charge in [-0.05, 0) is 31.5 Å². The van der Waals surface area contributed by atoms with Crippen molar-refractivity contribution in [2.75, 3.05) is 6.54 Å². The normalized spacial score (nSPS) is 11.7. The van der Waals surface area contributed by atoms with Gasteiger partial charge in [-0.1, -0.05) is 59.6 Å². The zero-order chi connectivity index (χ0) is 19.1. The summed E-state index contributed by atoms with van der Waals surface area (Å²) < 4.78 is 0. The molecule has 138 valence electrons. The molecule has 0 saturated carbocycles. The van der Waals surface area contributed by atoms with E-state index in [1.807, 2.05) is 37.3 Å². The molecule has 6 heteroatoms. The van der Waals surface area contributed by atoms with Crippen molar-refractivity contribution in [3.63, 3.8) is 0 Å². The van der Waals surface area contributed by atoms with Crippen LogP contribution in [0.3, 0.4) is 0 Å². The molecule has 0 fully saturated rings. The number of hydrogen-bond acceptors (Lipinski definition) is 2. The van der Waals surface area contributed by atoms with Gasteiger partial charge in [0.25, 0.3) is 0 Å². The highest BCUT2D eigenvalue weighted by Gasteiger charge is 2.27. The Labute approximate surface area is 164 Å². The Morgan fingerprint density at radius 2 is 1.65 bits per heavy atom. The lowest BCUT2D eigenvalue weighted by molar-refractivity contribution is -0.140. The average Bonchev–Trinajstić information content (AvgIpc) is 2.62. The van der Waals surface area contributed by atoms with E-state index in [1.54, 1.807) is 25.1 Å². The molecule has 0 spiro atoms. The van der Waals surface area contributed by atoms with Crippen molar-refractivity contribution >= 4 is 35.0 Å². The van der Waals surface area contributed by atoms with Crippen molar-refractivity contribution < 1.29 is 9.59 Å². The molecule has 4 nitrogen and oxygen atoms in total. The fourth-order valence-corrected chi connectivity index (χ4v) is 3.15. The highest BCUT2D eigenvalue weighted by Crippen LogP contribution is 2.26. The highest BCUT2D eigenvalue weighted by molar-refractivity contribution is 6.36. The third-order valence-corrected chi connectivity index (χ3v) is 4.81. The van der Waals surface area contributed by atoms with E-state index in [-0.39, 0.29) is 24.8 Å². The first-order chi connectivity index (χ1) is 12.4.